The molecule has 0 amide bonds. The standard InChI is InChI=1S/C18H16ClNOS2/c1-2-3-4-12-5-8-14(9-6-12)20-17(22)15-10-7-13(19)11-16(15)21-18(20)23/h5-11H,2-4H2,1H3. The molecule has 0 atom stereocenters. The van der Waals surface area contributed by atoms with Crippen molar-refractivity contribution in [2.24, 2.45) is 0 Å². The molecule has 0 spiro atoms. The van der Waals surface area contributed by atoms with Gasteiger partial charge in [-0.3, -0.25) is 4.57 Å². The predicted molar refractivity (Wildman–Crippen MR) is 101 cm³/mol. The van der Waals surface area contributed by atoms with Gasteiger partial charge in [0, 0.05) is 11.1 Å². The maximum Gasteiger partial charge on any atom is 0.274 e. The smallest absolute Gasteiger partial charge is 0.274 e. The minimum absolute atomic E-state index is 0.325. The van der Waals surface area contributed by atoms with Gasteiger partial charge >= 0.3 is 0 Å². The van der Waals surface area contributed by atoms with Gasteiger partial charge in [-0.2, -0.15) is 0 Å². The molecule has 0 saturated carbocycles. The second-order valence-corrected chi connectivity index (χ2v) is 6.59. The Morgan fingerprint density at radius 3 is 2.52 bits per heavy atom. The van der Waals surface area contributed by atoms with Gasteiger partial charge in [-0.1, -0.05) is 49.3 Å². The number of hydrogen-bond acceptors (Lipinski definition) is 3. The molecule has 5 heteroatoms. The summed E-state index contributed by atoms with van der Waals surface area (Å²) in [4.78, 5) is 0.325. The summed E-state index contributed by atoms with van der Waals surface area (Å²) in [5.41, 5.74) is 2.85. The second kappa shape index (κ2) is 6.95. The van der Waals surface area contributed by atoms with Gasteiger partial charge in [-0.25, -0.2) is 0 Å². The molecule has 1 aromatic heterocycles. The Balaban J connectivity index is 2.11. The Kier molecular flexibility index (Phi) is 4.95. The van der Waals surface area contributed by atoms with Crippen molar-refractivity contribution in [3.05, 3.63) is 62.5 Å². The highest BCUT2D eigenvalue weighted by Gasteiger charge is 2.07. The number of aryl methyl sites for hydroxylation is 1. The molecule has 1 heterocycles. The van der Waals surface area contributed by atoms with Crippen molar-refractivity contribution in [3.63, 3.8) is 0 Å². The van der Waals surface area contributed by atoms with Gasteiger partial charge in [-0.15, -0.1) is 0 Å². The average Bonchev–Trinajstić information content (AvgIpc) is 2.53. The topological polar surface area (TPSA) is 18.1 Å². The molecule has 3 aromatic rings. The Hall–Kier alpha value is -1.49. The van der Waals surface area contributed by atoms with Crippen molar-refractivity contribution in [2.75, 3.05) is 0 Å². The van der Waals surface area contributed by atoms with Gasteiger partial charge in [-0.05, 0) is 54.9 Å². The van der Waals surface area contributed by atoms with Gasteiger partial charge < -0.3 is 4.42 Å². The van der Waals surface area contributed by atoms with E-state index in [1.54, 1.807) is 16.7 Å². The van der Waals surface area contributed by atoms with Crippen molar-refractivity contribution in [2.45, 2.75) is 26.2 Å². The van der Waals surface area contributed by atoms with Crippen LogP contribution < -0.4 is 0 Å². The van der Waals surface area contributed by atoms with Gasteiger partial charge in [0.15, 0.2) is 0 Å². The van der Waals surface area contributed by atoms with Crippen LogP contribution in [0.5, 0.6) is 0 Å². The minimum Gasteiger partial charge on any atom is -0.430 e. The number of unbranched alkanes of at least 4 members (excludes halogenated alkanes) is 1. The van der Waals surface area contributed by atoms with Crippen molar-refractivity contribution in [1.82, 2.24) is 4.57 Å². The number of rotatable bonds is 4. The van der Waals surface area contributed by atoms with Gasteiger partial charge in [0.2, 0.25) is 0 Å². The van der Waals surface area contributed by atoms with E-state index in [0.29, 0.717) is 20.1 Å². The Bertz CT molecular complexity index is 957. The molecular weight excluding hydrogens is 346 g/mol. The summed E-state index contributed by atoms with van der Waals surface area (Å²) in [5, 5.41) is 1.43. The lowest BCUT2D eigenvalue weighted by molar-refractivity contribution is 0.537. The summed E-state index contributed by atoms with van der Waals surface area (Å²) >= 11 is 17.0. The number of hydrogen-bond donors (Lipinski definition) is 0. The lowest BCUT2D eigenvalue weighted by Gasteiger charge is -2.10. The van der Waals surface area contributed by atoms with Crippen LogP contribution in [0.15, 0.2) is 46.9 Å². The molecule has 0 saturated heterocycles. The Morgan fingerprint density at radius 2 is 1.83 bits per heavy atom. The third-order valence-electron chi connectivity index (χ3n) is 3.77. The number of nitrogens with zero attached hydrogens (tertiary/aromatic N) is 1. The highest BCUT2D eigenvalue weighted by Crippen LogP contribution is 2.23. The molecule has 0 aliphatic rings. The van der Waals surface area contributed by atoms with Crippen molar-refractivity contribution >= 4 is 47.0 Å². The fourth-order valence-electron chi connectivity index (χ4n) is 2.52. The number of fused-ring (bicyclic) bond motifs is 1. The minimum atomic E-state index is 0.325. The van der Waals surface area contributed by atoms with E-state index >= 15 is 0 Å². The van der Waals surface area contributed by atoms with E-state index in [2.05, 4.69) is 19.1 Å². The maximum absolute atomic E-state index is 6.00. The SMILES string of the molecule is CCCCc1ccc(-n2c(=S)oc3cc(Cl)ccc3c2=S)cc1. The molecule has 0 aliphatic heterocycles. The zero-order valence-corrected chi connectivity index (χ0v) is 15.1. The third-order valence-corrected chi connectivity index (χ3v) is 4.67. The second-order valence-electron chi connectivity index (χ2n) is 5.42. The highest BCUT2D eigenvalue weighted by molar-refractivity contribution is 7.72. The summed E-state index contributed by atoms with van der Waals surface area (Å²) in [6.45, 7) is 2.19. The van der Waals surface area contributed by atoms with Crippen LogP contribution >= 0.6 is 36.0 Å². The van der Waals surface area contributed by atoms with Crippen molar-refractivity contribution in [1.29, 1.82) is 0 Å². The molecule has 0 radical (unpaired) electrons. The average molecular weight is 362 g/mol. The lowest BCUT2D eigenvalue weighted by Crippen LogP contribution is -1.99. The van der Waals surface area contributed by atoms with E-state index in [9.17, 15) is 0 Å². The number of halogens is 1. The molecule has 0 fully saturated rings. The first-order valence-corrected chi connectivity index (χ1v) is 8.74. The quantitative estimate of drug-likeness (QED) is 0.483. The molecule has 3 rings (SSSR count). The Labute approximate surface area is 150 Å². The summed E-state index contributed by atoms with van der Waals surface area (Å²) in [6, 6.07) is 13.7. The van der Waals surface area contributed by atoms with E-state index < -0.39 is 0 Å². The van der Waals surface area contributed by atoms with E-state index in [0.717, 1.165) is 17.5 Å². The largest absolute Gasteiger partial charge is 0.430 e. The van der Waals surface area contributed by atoms with Crippen LogP contribution in [0.25, 0.3) is 16.7 Å². The first-order chi connectivity index (χ1) is 11.1. The van der Waals surface area contributed by atoms with Crippen LogP contribution in [0.3, 0.4) is 0 Å². The lowest BCUT2D eigenvalue weighted by atomic mass is 10.1. The van der Waals surface area contributed by atoms with Gasteiger partial charge in [0.1, 0.15) is 10.2 Å². The fraction of sp³-hybridized carbons (Fsp3) is 0.222. The molecule has 118 valence electrons. The zero-order chi connectivity index (χ0) is 16.4. The molecule has 0 N–H and O–H groups in total. The molecule has 2 nitrogen and oxygen atoms in total. The van der Waals surface area contributed by atoms with Crippen LogP contribution in [-0.4, -0.2) is 4.57 Å². The van der Waals surface area contributed by atoms with Crippen molar-refractivity contribution < 1.29 is 4.42 Å². The summed E-state index contributed by atoms with van der Waals surface area (Å²) in [6.07, 6.45) is 3.47. The van der Waals surface area contributed by atoms with E-state index in [-0.39, 0.29) is 0 Å². The molecule has 0 aliphatic carbocycles. The van der Waals surface area contributed by atoms with Crippen LogP contribution in [0.1, 0.15) is 25.3 Å². The molecular formula is C18H16ClNOS2. The van der Waals surface area contributed by atoms with Crippen LogP contribution in [-0.2, 0) is 6.42 Å². The first-order valence-electron chi connectivity index (χ1n) is 7.55. The van der Waals surface area contributed by atoms with Crippen LogP contribution in [0.2, 0.25) is 5.02 Å². The van der Waals surface area contributed by atoms with Gasteiger partial charge in [0.05, 0.1) is 11.1 Å². The first kappa shape index (κ1) is 16.4. The highest BCUT2D eigenvalue weighted by atomic mass is 35.5. The molecule has 0 unspecified atom stereocenters. The summed E-state index contributed by atoms with van der Waals surface area (Å²) in [7, 11) is 0. The number of benzene rings is 2. The van der Waals surface area contributed by atoms with Crippen LogP contribution in [0, 0.1) is 9.48 Å². The van der Waals surface area contributed by atoms with Crippen molar-refractivity contribution in [3.8, 4) is 5.69 Å². The Morgan fingerprint density at radius 1 is 1.09 bits per heavy atom. The van der Waals surface area contributed by atoms with E-state index in [1.165, 1.54) is 18.4 Å². The summed E-state index contributed by atoms with van der Waals surface area (Å²) in [5.74, 6) is 0. The number of aromatic nitrogens is 1. The molecule has 23 heavy (non-hydrogen) atoms. The van der Waals surface area contributed by atoms with E-state index in [4.69, 9.17) is 40.5 Å². The normalized spacial score (nSPS) is 11.0. The van der Waals surface area contributed by atoms with Gasteiger partial charge in [0.25, 0.3) is 4.84 Å². The van der Waals surface area contributed by atoms with E-state index in [1.807, 2.05) is 18.2 Å². The zero-order valence-electron chi connectivity index (χ0n) is 12.7. The third kappa shape index (κ3) is 3.39. The summed E-state index contributed by atoms with van der Waals surface area (Å²) < 4.78 is 8.15. The van der Waals surface area contributed by atoms with Crippen LogP contribution in [0.4, 0.5) is 0 Å². The molecule has 0 bridgehead atoms. The molecule has 2 aromatic carbocycles. The monoisotopic (exact) mass is 361 g/mol. The predicted octanol–water partition coefficient (Wildman–Crippen LogP) is 6.68. The maximum atomic E-state index is 6.00. The fourth-order valence-corrected chi connectivity index (χ4v) is 3.38.